The van der Waals surface area contributed by atoms with E-state index in [1.807, 2.05) is 6.92 Å². The molecular formula is C12H25NO2. The Hall–Kier alpha value is -0.120. The van der Waals surface area contributed by atoms with Crippen molar-refractivity contribution in [2.75, 3.05) is 19.7 Å². The zero-order valence-corrected chi connectivity index (χ0v) is 10.3. The topological polar surface area (TPSA) is 32.7 Å². The highest BCUT2D eigenvalue weighted by Gasteiger charge is 2.21. The summed E-state index contributed by atoms with van der Waals surface area (Å²) in [6.45, 7) is 9.19. The largest absolute Gasteiger partial charge is 0.393 e. The van der Waals surface area contributed by atoms with Gasteiger partial charge in [0.05, 0.1) is 12.2 Å². The summed E-state index contributed by atoms with van der Waals surface area (Å²) in [6.07, 6.45) is 3.45. The first kappa shape index (κ1) is 12.9. The third kappa shape index (κ3) is 4.49. The van der Waals surface area contributed by atoms with Gasteiger partial charge >= 0.3 is 0 Å². The molecule has 0 aromatic carbocycles. The van der Waals surface area contributed by atoms with Gasteiger partial charge in [0.25, 0.3) is 0 Å². The quantitative estimate of drug-likeness (QED) is 0.731. The van der Waals surface area contributed by atoms with E-state index in [0.717, 1.165) is 26.1 Å². The summed E-state index contributed by atoms with van der Waals surface area (Å²) in [7, 11) is 0. The number of hydrogen-bond donors (Lipinski definition) is 1. The Morgan fingerprint density at radius 3 is 2.67 bits per heavy atom. The molecule has 0 aromatic heterocycles. The Morgan fingerprint density at radius 1 is 1.47 bits per heavy atom. The first-order chi connectivity index (χ1) is 7.13. The summed E-state index contributed by atoms with van der Waals surface area (Å²) in [5.41, 5.74) is 0. The van der Waals surface area contributed by atoms with Gasteiger partial charge < -0.3 is 9.84 Å². The molecule has 0 amide bonds. The predicted octanol–water partition coefficient (Wildman–Crippen LogP) is 1.65. The molecule has 15 heavy (non-hydrogen) atoms. The molecule has 1 aliphatic rings. The van der Waals surface area contributed by atoms with Gasteiger partial charge in [0, 0.05) is 19.2 Å². The van der Waals surface area contributed by atoms with Crippen molar-refractivity contribution < 1.29 is 9.84 Å². The molecule has 1 saturated heterocycles. The van der Waals surface area contributed by atoms with E-state index in [9.17, 15) is 5.11 Å². The van der Waals surface area contributed by atoms with Crippen molar-refractivity contribution >= 4 is 0 Å². The Balaban J connectivity index is 2.32. The molecule has 3 unspecified atom stereocenters. The van der Waals surface area contributed by atoms with Crippen molar-refractivity contribution in [2.24, 2.45) is 0 Å². The normalized spacial score (nSPS) is 25.8. The third-order valence-electron chi connectivity index (χ3n) is 3.17. The maximum Gasteiger partial charge on any atom is 0.0702 e. The van der Waals surface area contributed by atoms with Crippen molar-refractivity contribution in [1.29, 1.82) is 0 Å². The van der Waals surface area contributed by atoms with Crippen molar-refractivity contribution in [1.82, 2.24) is 4.90 Å². The van der Waals surface area contributed by atoms with Crippen LogP contribution in [0.2, 0.25) is 0 Å². The zero-order valence-electron chi connectivity index (χ0n) is 10.3. The third-order valence-corrected chi connectivity index (χ3v) is 3.17. The van der Waals surface area contributed by atoms with Crippen LogP contribution in [0.1, 0.15) is 40.0 Å². The van der Waals surface area contributed by atoms with Crippen molar-refractivity contribution in [3.8, 4) is 0 Å². The number of aliphatic hydroxyl groups excluding tert-OH is 1. The van der Waals surface area contributed by atoms with Crippen molar-refractivity contribution in [3.05, 3.63) is 0 Å². The minimum Gasteiger partial charge on any atom is -0.393 e. The average molecular weight is 215 g/mol. The zero-order chi connectivity index (χ0) is 11.3. The fraction of sp³-hybridized carbons (Fsp3) is 1.00. The predicted molar refractivity (Wildman–Crippen MR) is 62.0 cm³/mol. The number of ether oxygens (including phenoxy) is 1. The second-order valence-electron chi connectivity index (χ2n) is 4.66. The molecule has 1 aliphatic heterocycles. The van der Waals surface area contributed by atoms with Crippen LogP contribution < -0.4 is 0 Å². The number of aliphatic hydroxyl groups is 1. The lowest BCUT2D eigenvalue weighted by atomic mass is 10.1. The molecule has 1 rings (SSSR count). The van der Waals surface area contributed by atoms with E-state index in [0.29, 0.717) is 12.1 Å². The van der Waals surface area contributed by atoms with Gasteiger partial charge in [-0.25, -0.2) is 0 Å². The van der Waals surface area contributed by atoms with Gasteiger partial charge in [-0.3, -0.25) is 4.90 Å². The molecule has 0 radical (unpaired) electrons. The molecule has 0 bridgehead atoms. The molecule has 1 heterocycles. The van der Waals surface area contributed by atoms with Crippen LogP contribution >= 0.6 is 0 Å². The van der Waals surface area contributed by atoms with E-state index in [4.69, 9.17) is 4.74 Å². The van der Waals surface area contributed by atoms with Gasteiger partial charge in [0.1, 0.15) is 0 Å². The van der Waals surface area contributed by atoms with E-state index in [1.54, 1.807) is 0 Å². The van der Waals surface area contributed by atoms with E-state index >= 15 is 0 Å². The lowest BCUT2D eigenvalue weighted by molar-refractivity contribution is 0.0498. The molecule has 90 valence electrons. The van der Waals surface area contributed by atoms with Crippen molar-refractivity contribution in [3.63, 3.8) is 0 Å². The second-order valence-corrected chi connectivity index (χ2v) is 4.66. The standard InChI is InChI=1S/C12H25NO2/c1-4-13(10(2)8-11(3)14)9-12-6-5-7-15-12/h10-12,14H,4-9H2,1-3H3. The molecule has 0 spiro atoms. The van der Waals surface area contributed by atoms with Crippen LogP contribution in [0, 0.1) is 0 Å². The van der Waals surface area contributed by atoms with Crippen LogP contribution in [0.3, 0.4) is 0 Å². The lowest BCUT2D eigenvalue weighted by Crippen LogP contribution is -2.40. The van der Waals surface area contributed by atoms with E-state index < -0.39 is 0 Å². The van der Waals surface area contributed by atoms with Crippen LogP contribution in [0.25, 0.3) is 0 Å². The lowest BCUT2D eigenvalue weighted by Gasteiger charge is -2.30. The molecule has 0 aromatic rings. The molecule has 1 N–H and O–H groups in total. The summed E-state index contributed by atoms with van der Waals surface area (Å²) in [5, 5.41) is 9.37. The van der Waals surface area contributed by atoms with Crippen molar-refractivity contribution in [2.45, 2.75) is 58.3 Å². The van der Waals surface area contributed by atoms with Crippen LogP contribution in [0.4, 0.5) is 0 Å². The summed E-state index contributed by atoms with van der Waals surface area (Å²) >= 11 is 0. The molecule has 3 nitrogen and oxygen atoms in total. The number of hydrogen-bond acceptors (Lipinski definition) is 3. The van der Waals surface area contributed by atoms with Gasteiger partial charge in [0.15, 0.2) is 0 Å². The van der Waals surface area contributed by atoms with Crippen LogP contribution in [-0.4, -0.2) is 48.0 Å². The van der Waals surface area contributed by atoms with Gasteiger partial charge in [-0.05, 0) is 39.7 Å². The highest BCUT2D eigenvalue weighted by atomic mass is 16.5. The second kappa shape index (κ2) is 6.46. The first-order valence-electron chi connectivity index (χ1n) is 6.17. The minimum absolute atomic E-state index is 0.210. The average Bonchev–Trinajstić information content (AvgIpc) is 2.65. The van der Waals surface area contributed by atoms with E-state index in [1.165, 1.54) is 12.8 Å². The number of nitrogens with zero attached hydrogens (tertiary/aromatic N) is 1. The first-order valence-corrected chi connectivity index (χ1v) is 6.17. The SMILES string of the molecule is CCN(CC1CCCO1)C(C)CC(C)O. The molecular weight excluding hydrogens is 190 g/mol. The van der Waals surface area contributed by atoms with Crippen LogP contribution in [0.15, 0.2) is 0 Å². The minimum atomic E-state index is -0.210. The van der Waals surface area contributed by atoms with Gasteiger partial charge in [0.2, 0.25) is 0 Å². The maximum atomic E-state index is 9.37. The molecule has 3 heteroatoms. The summed E-state index contributed by atoms with van der Waals surface area (Å²) in [5.74, 6) is 0. The smallest absolute Gasteiger partial charge is 0.0702 e. The fourth-order valence-corrected chi connectivity index (χ4v) is 2.31. The van der Waals surface area contributed by atoms with E-state index in [2.05, 4.69) is 18.7 Å². The number of likely N-dealkylation sites (N-methyl/N-ethyl adjacent to an activating group) is 1. The molecule has 0 aliphatic carbocycles. The van der Waals surface area contributed by atoms with Gasteiger partial charge in [-0.2, -0.15) is 0 Å². The summed E-state index contributed by atoms with van der Waals surface area (Å²) in [6, 6.07) is 0.444. The Kier molecular flexibility index (Phi) is 5.58. The Labute approximate surface area is 93.4 Å². The fourth-order valence-electron chi connectivity index (χ4n) is 2.31. The van der Waals surface area contributed by atoms with Crippen LogP contribution in [0.5, 0.6) is 0 Å². The summed E-state index contributed by atoms with van der Waals surface area (Å²) in [4.78, 5) is 2.41. The Morgan fingerprint density at radius 2 is 2.20 bits per heavy atom. The number of rotatable bonds is 6. The maximum absolute atomic E-state index is 9.37. The molecule has 1 fully saturated rings. The monoisotopic (exact) mass is 215 g/mol. The molecule has 0 saturated carbocycles. The van der Waals surface area contributed by atoms with E-state index in [-0.39, 0.29) is 6.10 Å². The van der Waals surface area contributed by atoms with Crippen LogP contribution in [-0.2, 0) is 4.74 Å². The van der Waals surface area contributed by atoms with Gasteiger partial charge in [-0.15, -0.1) is 0 Å². The van der Waals surface area contributed by atoms with Gasteiger partial charge in [-0.1, -0.05) is 6.92 Å². The summed E-state index contributed by atoms with van der Waals surface area (Å²) < 4.78 is 5.64. The Bertz CT molecular complexity index is 167. The highest BCUT2D eigenvalue weighted by Crippen LogP contribution is 2.16. The molecule has 3 atom stereocenters. The highest BCUT2D eigenvalue weighted by molar-refractivity contribution is 4.74.